The van der Waals surface area contributed by atoms with Gasteiger partial charge in [0.15, 0.2) is 6.04 Å². The van der Waals surface area contributed by atoms with Gasteiger partial charge in [0.1, 0.15) is 5.69 Å². The number of morpholine rings is 1. The Labute approximate surface area is 128 Å². The molecule has 2 rings (SSSR count). The predicted octanol–water partition coefficient (Wildman–Crippen LogP) is 1.57. The number of methoxy groups -OCH3 is 1. The molecule has 0 radical (unpaired) electrons. The minimum atomic E-state index is -0.708. The Morgan fingerprint density at radius 2 is 2.29 bits per heavy atom. The second-order valence-electron chi connectivity index (χ2n) is 4.85. The van der Waals surface area contributed by atoms with Crippen LogP contribution in [0.5, 0.6) is 0 Å². The van der Waals surface area contributed by atoms with Crippen molar-refractivity contribution in [1.29, 1.82) is 0 Å². The fourth-order valence-corrected chi connectivity index (χ4v) is 2.63. The minimum absolute atomic E-state index is 0.153. The van der Waals surface area contributed by atoms with Crippen LogP contribution >= 0.6 is 11.6 Å². The predicted molar refractivity (Wildman–Crippen MR) is 77.4 cm³/mol. The van der Waals surface area contributed by atoms with Crippen molar-refractivity contribution in [2.75, 3.05) is 26.9 Å². The van der Waals surface area contributed by atoms with Crippen molar-refractivity contribution in [3.63, 3.8) is 0 Å². The van der Waals surface area contributed by atoms with E-state index in [1.165, 1.54) is 12.0 Å². The van der Waals surface area contributed by atoms with Crippen molar-refractivity contribution in [1.82, 2.24) is 9.47 Å². The van der Waals surface area contributed by atoms with Gasteiger partial charge in [-0.25, -0.2) is 4.79 Å². The lowest BCUT2D eigenvalue weighted by atomic mass is 10.2. The van der Waals surface area contributed by atoms with Crippen LogP contribution < -0.4 is 0 Å². The van der Waals surface area contributed by atoms with E-state index in [-0.39, 0.29) is 12.5 Å². The van der Waals surface area contributed by atoms with Gasteiger partial charge in [-0.3, -0.25) is 4.79 Å². The fourth-order valence-electron chi connectivity index (χ4n) is 2.40. The highest BCUT2D eigenvalue weighted by Crippen LogP contribution is 2.19. The average Bonchev–Trinajstić information content (AvgIpc) is 2.87. The third-order valence-corrected chi connectivity index (χ3v) is 3.62. The van der Waals surface area contributed by atoms with Crippen LogP contribution in [0.4, 0.5) is 0 Å². The molecule has 1 saturated heterocycles. The van der Waals surface area contributed by atoms with E-state index in [0.29, 0.717) is 30.4 Å². The van der Waals surface area contributed by atoms with E-state index in [0.717, 1.165) is 6.42 Å². The normalized spacial score (nSPS) is 18.6. The monoisotopic (exact) mass is 314 g/mol. The maximum absolute atomic E-state index is 12.7. The molecule has 1 amide bonds. The van der Waals surface area contributed by atoms with E-state index in [1.807, 2.05) is 11.5 Å². The van der Waals surface area contributed by atoms with Crippen molar-refractivity contribution in [2.24, 2.45) is 0 Å². The molecule has 2 heterocycles. The maximum atomic E-state index is 12.7. The number of rotatable bonds is 4. The summed E-state index contributed by atoms with van der Waals surface area (Å²) in [5.41, 5.74) is 0.484. The topological polar surface area (TPSA) is 60.8 Å². The van der Waals surface area contributed by atoms with Crippen molar-refractivity contribution in [3.8, 4) is 0 Å². The second kappa shape index (κ2) is 6.95. The average molecular weight is 315 g/mol. The summed E-state index contributed by atoms with van der Waals surface area (Å²) in [4.78, 5) is 26.0. The first-order chi connectivity index (χ1) is 10.1. The van der Waals surface area contributed by atoms with Crippen molar-refractivity contribution >= 4 is 23.5 Å². The molecule has 1 atom stereocenters. The highest BCUT2D eigenvalue weighted by atomic mass is 35.5. The molecule has 0 aliphatic carbocycles. The van der Waals surface area contributed by atoms with Crippen molar-refractivity contribution in [3.05, 3.63) is 23.0 Å². The molecule has 1 aliphatic rings. The molecule has 6 nitrogen and oxygen atoms in total. The van der Waals surface area contributed by atoms with Crippen LogP contribution in [0.3, 0.4) is 0 Å². The molecular formula is C14H19ClN2O4. The summed E-state index contributed by atoms with van der Waals surface area (Å²) in [5.74, 6) is -0.697. The van der Waals surface area contributed by atoms with E-state index >= 15 is 0 Å². The second-order valence-corrected chi connectivity index (χ2v) is 5.29. The number of carbonyl (C=O) groups excluding carboxylic acids is 2. The summed E-state index contributed by atoms with van der Waals surface area (Å²) in [7, 11) is 1.30. The Morgan fingerprint density at radius 1 is 1.52 bits per heavy atom. The lowest BCUT2D eigenvalue weighted by Crippen LogP contribution is -2.53. The Balaban J connectivity index is 2.26. The lowest BCUT2D eigenvalue weighted by molar-refractivity contribution is -0.151. The first-order valence-electron chi connectivity index (χ1n) is 6.90. The van der Waals surface area contributed by atoms with Gasteiger partial charge in [0, 0.05) is 19.3 Å². The van der Waals surface area contributed by atoms with Crippen LogP contribution in [0.25, 0.3) is 0 Å². The first kappa shape index (κ1) is 15.9. The SMILES string of the molecule is CCCn1cc(Cl)cc1C(=O)N1CCOCC1C(=O)OC. The third kappa shape index (κ3) is 3.39. The zero-order valence-electron chi connectivity index (χ0n) is 12.2. The molecule has 0 saturated carbocycles. The number of amides is 1. The van der Waals surface area contributed by atoms with Gasteiger partial charge >= 0.3 is 5.97 Å². The van der Waals surface area contributed by atoms with Crippen molar-refractivity contribution in [2.45, 2.75) is 25.9 Å². The van der Waals surface area contributed by atoms with Gasteiger partial charge < -0.3 is 18.9 Å². The molecule has 0 bridgehead atoms. The number of carbonyl (C=O) groups is 2. The molecule has 1 aromatic rings. The van der Waals surface area contributed by atoms with E-state index in [4.69, 9.17) is 21.1 Å². The van der Waals surface area contributed by atoms with Crippen LogP contribution in [0.1, 0.15) is 23.8 Å². The zero-order valence-corrected chi connectivity index (χ0v) is 12.9. The summed E-state index contributed by atoms with van der Waals surface area (Å²) in [6.07, 6.45) is 2.61. The quantitative estimate of drug-likeness (QED) is 0.791. The number of ether oxygens (including phenoxy) is 2. The summed E-state index contributed by atoms with van der Waals surface area (Å²) in [6.45, 7) is 3.63. The van der Waals surface area contributed by atoms with Crippen LogP contribution in [-0.2, 0) is 20.8 Å². The highest BCUT2D eigenvalue weighted by molar-refractivity contribution is 6.31. The van der Waals surface area contributed by atoms with E-state index < -0.39 is 12.0 Å². The van der Waals surface area contributed by atoms with E-state index in [9.17, 15) is 9.59 Å². The molecular weight excluding hydrogens is 296 g/mol. The first-order valence-corrected chi connectivity index (χ1v) is 7.28. The molecule has 1 aromatic heterocycles. The molecule has 0 spiro atoms. The van der Waals surface area contributed by atoms with Crippen LogP contribution in [0, 0.1) is 0 Å². The maximum Gasteiger partial charge on any atom is 0.331 e. The molecule has 1 aliphatic heterocycles. The molecule has 7 heteroatoms. The van der Waals surface area contributed by atoms with Crippen LogP contribution in [0.15, 0.2) is 12.3 Å². The lowest BCUT2D eigenvalue weighted by Gasteiger charge is -2.33. The fraction of sp³-hybridized carbons (Fsp3) is 0.571. The Morgan fingerprint density at radius 3 is 2.95 bits per heavy atom. The summed E-state index contributed by atoms with van der Waals surface area (Å²) in [6, 6.07) is 0.920. The number of esters is 1. The molecule has 0 aromatic carbocycles. The highest BCUT2D eigenvalue weighted by Gasteiger charge is 2.35. The zero-order chi connectivity index (χ0) is 15.4. The standard InChI is InChI=1S/C14H19ClN2O4/c1-3-4-16-8-10(15)7-11(16)13(18)17-5-6-21-9-12(17)14(19)20-2/h7-8,12H,3-6,9H2,1-2H3. The molecule has 116 valence electrons. The van der Waals surface area contributed by atoms with Gasteiger partial charge in [0.05, 0.1) is 25.3 Å². The number of nitrogens with zero attached hydrogens (tertiary/aromatic N) is 2. The van der Waals surface area contributed by atoms with Gasteiger partial charge in [-0.2, -0.15) is 0 Å². The van der Waals surface area contributed by atoms with E-state index in [2.05, 4.69) is 0 Å². The van der Waals surface area contributed by atoms with Gasteiger partial charge in [0.25, 0.3) is 5.91 Å². The summed E-state index contributed by atoms with van der Waals surface area (Å²) < 4.78 is 11.8. The van der Waals surface area contributed by atoms with Gasteiger partial charge in [0.2, 0.25) is 0 Å². The molecule has 0 N–H and O–H groups in total. The number of aryl methyl sites for hydroxylation is 1. The number of halogens is 1. The Hall–Kier alpha value is -1.53. The largest absolute Gasteiger partial charge is 0.467 e. The number of hydrogen-bond acceptors (Lipinski definition) is 4. The Bertz CT molecular complexity index is 529. The smallest absolute Gasteiger partial charge is 0.331 e. The van der Waals surface area contributed by atoms with Crippen LogP contribution in [-0.4, -0.2) is 54.3 Å². The van der Waals surface area contributed by atoms with Crippen LogP contribution in [0.2, 0.25) is 5.02 Å². The molecule has 1 unspecified atom stereocenters. The van der Waals surface area contributed by atoms with Gasteiger partial charge in [-0.15, -0.1) is 0 Å². The summed E-state index contributed by atoms with van der Waals surface area (Å²) in [5, 5.41) is 0.509. The third-order valence-electron chi connectivity index (χ3n) is 3.41. The van der Waals surface area contributed by atoms with Gasteiger partial charge in [-0.05, 0) is 12.5 Å². The molecule has 21 heavy (non-hydrogen) atoms. The van der Waals surface area contributed by atoms with Crippen molar-refractivity contribution < 1.29 is 19.1 Å². The summed E-state index contributed by atoms with van der Waals surface area (Å²) >= 11 is 6.00. The molecule has 1 fully saturated rings. The number of hydrogen-bond donors (Lipinski definition) is 0. The Kier molecular flexibility index (Phi) is 5.25. The van der Waals surface area contributed by atoms with Gasteiger partial charge in [-0.1, -0.05) is 18.5 Å². The minimum Gasteiger partial charge on any atom is -0.467 e. The number of aromatic nitrogens is 1. The van der Waals surface area contributed by atoms with E-state index in [1.54, 1.807) is 12.3 Å².